The van der Waals surface area contributed by atoms with Crippen LogP contribution in [0.3, 0.4) is 0 Å². The summed E-state index contributed by atoms with van der Waals surface area (Å²) < 4.78 is 0. The van der Waals surface area contributed by atoms with E-state index in [9.17, 15) is 9.59 Å². The lowest BCUT2D eigenvalue weighted by Crippen LogP contribution is -2.37. The second kappa shape index (κ2) is 3.13. The first-order valence-electron chi connectivity index (χ1n) is 4.02. The summed E-state index contributed by atoms with van der Waals surface area (Å²) >= 11 is 0. The fourth-order valence-corrected chi connectivity index (χ4v) is 1.58. The predicted molar refractivity (Wildman–Crippen MR) is 42.6 cm³/mol. The van der Waals surface area contributed by atoms with Crippen LogP contribution in [0.5, 0.6) is 0 Å². The van der Waals surface area contributed by atoms with E-state index in [2.05, 4.69) is 0 Å². The molecule has 12 heavy (non-hydrogen) atoms. The third kappa shape index (κ3) is 1.42. The third-order valence-electron chi connectivity index (χ3n) is 2.51. The molecule has 4 heteroatoms. The summed E-state index contributed by atoms with van der Waals surface area (Å²) in [7, 11) is 1.67. The lowest BCUT2D eigenvalue weighted by Gasteiger charge is -2.22. The van der Waals surface area contributed by atoms with Gasteiger partial charge in [-0.05, 0) is 13.3 Å². The highest BCUT2D eigenvalue weighted by Gasteiger charge is 2.34. The first-order chi connectivity index (χ1) is 5.54. The van der Waals surface area contributed by atoms with Crippen molar-refractivity contribution < 1.29 is 14.7 Å². The van der Waals surface area contributed by atoms with Crippen molar-refractivity contribution in [1.82, 2.24) is 4.90 Å². The Morgan fingerprint density at radius 3 is 2.67 bits per heavy atom. The van der Waals surface area contributed by atoms with Crippen LogP contribution < -0.4 is 0 Å². The molecule has 1 aliphatic rings. The van der Waals surface area contributed by atoms with Gasteiger partial charge in [0.25, 0.3) is 0 Å². The highest BCUT2D eigenvalue weighted by atomic mass is 16.4. The van der Waals surface area contributed by atoms with Crippen LogP contribution in [-0.4, -0.2) is 35.0 Å². The van der Waals surface area contributed by atoms with E-state index in [1.54, 1.807) is 18.9 Å². The molecule has 2 atom stereocenters. The molecule has 1 fully saturated rings. The van der Waals surface area contributed by atoms with Crippen molar-refractivity contribution in [3.8, 4) is 0 Å². The second-order valence-electron chi connectivity index (χ2n) is 3.24. The van der Waals surface area contributed by atoms with E-state index in [4.69, 9.17) is 5.11 Å². The van der Waals surface area contributed by atoms with E-state index in [0.29, 0.717) is 12.8 Å². The van der Waals surface area contributed by atoms with Crippen LogP contribution in [0, 0.1) is 5.92 Å². The van der Waals surface area contributed by atoms with Crippen molar-refractivity contribution in [2.24, 2.45) is 5.92 Å². The average molecular weight is 171 g/mol. The Bertz CT molecular complexity index is 214. The summed E-state index contributed by atoms with van der Waals surface area (Å²) in [5.41, 5.74) is 0. The predicted octanol–water partition coefficient (Wildman–Crippen LogP) is 0.328. The Balaban J connectivity index is 2.65. The average Bonchev–Trinajstić information content (AvgIpc) is 2.32. The Kier molecular flexibility index (Phi) is 2.35. The maximum absolute atomic E-state index is 11.0. The van der Waals surface area contributed by atoms with Crippen LogP contribution in [0.1, 0.15) is 19.8 Å². The fourth-order valence-electron chi connectivity index (χ4n) is 1.58. The quantitative estimate of drug-likeness (QED) is 0.651. The van der Waals surface area contributed by atoms with E-state index in [1.807, 2.05) is 0 Å². The van der Waals surface area contributed by atoms with Crippen LogP contribution >= 0.6 is 0 Å². The zero-order chi connectivity index (χ0) is 9.30. The molecule has 0 aromatic heterocycles. The largest absolute Gasteiger partial charge is 0.481 e. The van der Waals surface area contributed by atoms with E-state index in [0.717, 1.165) is 0 Å². The van der Waals surface area contributed by atoms with Gasteiger partial charge < -0.3 is 10.0 Å². The molecule has 0 bridgehead atoms. The van der Waals surface area contributed by atoms with Crippen LogP contribution in [0.2, 0.25) is 0 Å². The highest BCUT2D eigenvalue weighted by molar-refractivity contribution is 5.80. The summed E-state index contributed by atoms with van der Waals surface area (Å²) in [6, 6.07) is -0.116. The van der Waals surface area contributed by atoms with Gasteiger partial charge in [-0.1, -0.05) is 0 Å². The summed E-state index contributed by atoms with van der Waals surface area (Å²) in [6.45, 7) is 1.64. The Labute approximate surface area is 71.2 Å². The SMILES string of the molecule is CC(C(=O)O)C1CCC(=O)N1C. The monoisotopic (exact) mass is 171 g/mol. The number of hydrogen-bond acceptors (Lipinski definition) is 2. The van der Waals surface area contributed by atoms with E-state index in [-0.39, 0.29) is 11.9 Å². The number of rotatable bonds is 2. The number of nitrogens with zero attached hydrogens (tertiary/aromatic N) is 1. The number of carbonyl (C=O) groups excluding carboxylic acids is 1. The maximum atomic E-state index is 11.0. The minimum atomic E-state index is -0.832. The van der Waals surface area contributed by atoms with E-state index < -0.39 is 11.9 Å². The molecule has 1 amide bonds. The lowest BCUT2D eigenvalue weighted by molar-refractivity contribution is -0.143. The molecule has 68 valence electrons. The molecule has 0 aromatic carbocycles. The Hall–Kier alpha value is -1.06. The summed E-state index contributed by atoms with van der Waals surface area (Å²) in [6.07, 6.45) is 1.15. The number of aliphatic carboxylic acids is 1. The molecule has 1 heterocycles. The van der Waals surface area contributed by atoms with Gasteiger partial charge in [-0.3, -0.25) is 9.59 Å². The maximum Gasteiger partial charge on any atom is 0.308 e. The molecule has 0 spiro atoms. The molecular weight excluding hydrogens is 158 g/mol. The van der Waals surface area contributed by atoms with Gasteiger partial charge in [0.2, 0.25) is 5.91 Å². The number of carboxylic acids is 1. The minimum absolute atomic E-state index is 0.0492. The van der Waals surface area contributed by atoms with Gasteiger partial charge in [0.05, 0.1) is 5.92 Å². The number of amides is 1. The zero-order valence-corrected chi connectivity index (χ0v) is 7.28. The van der Waals surface area contributed by atoms with Gasteiger partial charge in [0.1, 0.15) is 0 Å². The molecule has 0 saturated carbocycles. The molecule has 1 rings (SSSR count). The number of carboxylic acid groups (broad SMARTS) is 1. The van der Waals surface area contributed by atoms with Crippen molar-refractivity contribution in [2.45, 2.75) is 25.8 Å². The summed E-state index contributed by atoms with van der Waals surface area (Å²) in [5, 5.41) is 8.71. The van der Waals surface area contributed by atoms with Crippen molar-refractivity contribution >= 4 is 11.9 Å². The van der Waals surface area contributed by atoms with Crippen molar-refractivity contribution in [3.63, 3.8) is 0 Å². The standard InChI is InChI=1S/C8H13NO3/c1-5(8(11)12)6-3-4-7(10)9(6)2/h5-6H,3-4H2,1-2H3,(H,11,12). The Morgan fingerprint density at radius 2 is 2.33 bits per heavy atom. The fraction of sp³-hybridized carbons (Fsp3) is 0.750. The molecule has 0 aliphatic carbocycles. The number of carbonyl (C=O) groups is 2. The smallest absolute Gasteiger partial charge is 0.308 e. The van der Waals surface area contributed by atoms with Gasteiger partial charge in [0, 0.05) is 19.5 Å². The molecule has 1 aliphatic heterocycles. The Morgan fingerprint density at radius 1 is 1.75 bits per heavy atom. The van der Waals surface area contributed by atoms with E-state index in [1.165, 1.54) is 0 Å². The molecule has 2 unspecified atom stereocenters. The zero-order valence-electron chi connectivity index (χ0n) is 7.28. The van der Waals surface area contributed by atoms with Crippen LogP contribution in [0.4, 0.5) is 0 Å². The molecule has 1 N–H and O–H groups in total. The van der Waals surface area contributed by atoms with Gasteiger partial charge in [0.15, 0.2) is 0 Å². The topological polar surface area (TPSA) is 57.6 Å². The molecule has 0 radical (unpaired) electrons. The molecule has 0 aromatic rings. The lowest BCUT2D eigenvalue weighted by atomic mass is 10.0. The van der Waals surface area contributed by atoms with Crippen LogP contribution in [0.15, 0.2) is 0 Å². The first kappa shape index (κ1) is 9.03. The van der Waals surface area contributed by atoms with E-state index >= 15 is 0 Å². The van der Waals surface area contributed by atoms with Crippen molar-refractivity contribution in [1.29, 1.82) is 0 Å². The highest BCUT2D eigenvalue weighted by Crippen LogP contribution is 2.23. The van der Waals surface area contributed by atoms with Crippen molar-refractivity contribution in [3.05, 3.63) is 0 Å². The van der Waals surface area contributed by atoms with Gasteiger partial charge in [-0.25, -0.2) is 0 Å². The van der Waals surface area contributed by atoms with Crippen LogP contribution in [0.25, 0.3) is 0 Å². The van der Waals surface area contributed by atoms with Gasteiger partial charge in [-0.2, -0.15) is 0 Å². The normalized spacial score (nSPS) is 26.0. The first-order valence-corrected chi connectivity index (χ1v) is 4.02. The van der Waals surface area contributed by atoms with Gasteiger partial charge in [-0.15, -0.1) is 0 Å². The van der Waals surface area contributed by atoms with Crippen molar-refractivity contribution in [2.75, 3.05) is 7.05 Å². The number of likely N-dealkylation sites (tertiary alicyclic amines) is 1. The second-order valence-corrected chi connectivity index (χ2v) is 3.24. The molecular formula is C8H13NO3. The molecule has 1 saturated heterocycles. The van der Waals surface area contributed by atoms with Crippen LogP contribution in [-0.2, 0) is 9.59 Å². The summed E-state index contributed by atoms with van der Waals surface area (Å²) in [5.74, 6) is -1.24. The third-order valence-corrected chi connectivity index (χ3v) is 2.51. The summed E-state index contributed by atoms with van der Waals surface area (Å²) in [4.78, 5) is 23.2. The minimum Gasteiger partial charge on any atom is -0.481 e. The van der Waals surface area contributed by atoms with Gasteiger partial charge >= 0.3 is 5.97 Å². The molecule has 4 nitrogen and oxygen atoms in total. The number of hydrogen-bond donors (Lipinski definition) is 1.